The maximum absolute atomic E-state index is 14.3. The summed E-state index contributed by atoms with van der Waals surface area (Å²) in [4.78, 5) is 24.3. The van der Waals surface area contributed by atoms with Crippen LogP contribution in [0.5, 0.6) is 0 Å². The number of benzene rings is 5. The molecule has 8 rings (SSSR count). The van der Waals surface area contributed by atoms with E-state index in [-0.39, 0.29) is 19.6 Å². The van der Waals surface area contributed by atoms with Gasteiger partial charge in [0, 0.05) is 0 Å². The molecule has 3 aromatic heterocycles. The Labute approximate surface area is 325 Å². The molecule has 0 bridgehead atoms. The smallest absolute Gasteiger partial charge is 0.226 e. The molecule has 0 atom stereocenters. The summed E-state index contributed by atoms with van der Waals surface area (Å²) in [5.74, 6) is 0. The number of nitrogens with zero attached hydrogens (tertiary/aromatic N) is 6. The molecule has 0 amide bonds. The Hall–Kier alpha value is -6.13. The summed E-state index contributed by atoms with van der Waals surface area (Å²) in [6, 6.07) is 27.2. The molecule has 0 radical (unpaired) electrons. The first kappa shape index (κ1) is 37.8. The van der Waals surface area contributed by atoms with E-state index in [0.717, 1.165) is 6.20 Å². The van der Waals surface area contributed by atoms with Crippen molar-refractivity contribution in [3.8, 4) is 0 Å². The Balaban J connectivity index is 1.58. The SMILES string of the molecule is O=[SH](=O)c1nc2c(nc1S(=O)(=O)c1ccccc1)c1nc(S(=O)(=O)c3ccccc3)cnc1c1nc(S(=O)(=O)c3ccccc3)c(S(=O)(=O)c3ccccc3)nc21. The van der Waals surface area contributed by atoms with Gasteiger partial charge in [0.25, 0.3) is 0 Å². The molecule has 0 saturated heterocycles. The van der Waals surface area contributed by atoms with Crippen LogP contribution in [0.3, 0.4) is 0 Å². The number of fused-ring (bicyclic) bond motifs is 6. The third kappa shape index (κ3) is 6.28. The van der Waals surface area contributed by atoms with Gasteiger partial charge < -0.3 is 0 Å². The van der Waals surface area contributed by atoms with Gasteiger partial charge in [-0.25, -0.2) is 72.0 Å². The normalized spacial score (nSPS) is 12.7. The molecule has 286 valence electrons. The van der Waals surface area contributed by atoms with Crippen LogP contribution >= 0.6 is 0 Å². The van der Waals surface area contributed by atoms with Crippen LogP contribution in [0.15, 0.2) is 172 Å². The summed E-state index contributed by atoms with van der Waals surface area (Å²) < 4.78 is 138. The number of hydrogen-bond acceptors (Lipinski definition) is 16. The fraction of sp³-hybridized carbons (Fsp3) is 0. The molecule has 5 aromatic carbocycles. The first-order valence-corrected chi connectivity index (χ1v) is 23.3. The van der Waals surface area contributed by atoms with Gasteiger partial charge >= 0.3 is 0 Å². The highest BCUT2D eigenvalue weighted by molar-refractivity contribution is 7.94. The third-order valence-electron chi connectivity index (χ3n) is 8.53. The van der Waals surface area contributed by atoms with Gasteiger partial charge in [-0.15, -0.1) is 0 Å². The second-order valence-corrected chi connectivity index (χ2v) is 20.4. The average Bonchev–Trinajstić information content (AvgIpc) is 3.23. The zero-order chi connectivity index (χ0) is 40.3. The number of aromatic nitrogens is 6. The first-order valence-electron chi connectivity index (χ1n) is 16.2. The highest BCUT2D eigenvalue weighted by Crippen LogP contribution is 2.37. The van der Waals surface area contributed by atoms with Crippen LogP contribution in [-0.2, 0) is 50.1 Å². The summed E-state index contributed by atoms with van der Waals surface area (Å²) in [6.45, 7) is 0. The van der Waals surface area contributed by atoms with Crippen molar-refractivity contribution in [3.05, 3.63) is 128 Å². The maximum Gasteiger partial charge on any atom is 0.226 e. The van der Waals surface area contributed by atoms with Crippen LogP contribution in [0.2, 0.25) is 0 Å². The predicted octanol–water partition coefficient (Wildman–Crippen LogP) is 3.82. The second kappa shape index (κ2) is 13.8. The first-order chi connectivity index (χ1) is 27.1. The van der Waals surface area contributed by atoms with Crippen LogP contribution < -0.4 is 0 Å². The van der Waals surface area contributed by atoms with E-state index in [2.05, 4.69) is 29.9 Å². The van der Waals surface area contributed by atoms with E-state index < -0.39 is 108 Å². The lowest BCUT2D eigenvalue weighted by atomic mass is 10.2. The van der Waals surface area contributed by atoms with E-state index in [1.165, 1.54) is 115 Å². The van der Waals surface area contributed by atoms with E-state index in [4.69, 9.17) is 0 Å². The zero-order valence-corrected chi connectivity index (χ0v) is 32.6. The molecule has 0 unspecified atom stereocenters. The summed E-state index contributed by atoms with van der Waals surface area (Å²) in [5.41, 5.74) is -3.15. The lowest BCUT2D eigenvalue weighted by Crippen LogP contribution is -2.16. The van der Waals surface area contributed by atoms with Crippen molar-refractivity contribution < 1.29 is 42.1 Å². The van der Waals surface area contributed by atoms with Gasteiger partial charge in [0.2, 0.25) is 39.3 Å². The molecule has 0 aliphatic heterocycles. The van der Waals surface area contributed by atoms with Gasteiger partial charge in [0.05, 0.1) is 25.8 Å². The number of hydrogen-bond donors (Lipinski definition) is 1. The fourth-order valence-corrected chi connectivity index (χ4v) is 12.3. The van der Waals surface area contributed by atoms with Crippen molar-refractivity contribution in [1.82, 2.24) is 29.9 Å². The van der Waals surface area contributed by atoms with Crippen molar-refractivity contribution >= 4 is 83.2 Å². The third-order valence-corrected chi connectivity index (χ3v) is 16.2. The van der Waals surface area contributed by atoms with Crippen LogP contribution in [0.4, 0.5) is 0 Å². The molecule has 8 aromatic rings. The molecule has 21 heteroatoms. The van der Waals surface area contributed by atoms with Crippen LogP contribution in [0, 0.1) is 0 Å². The molecule has 0 aliphatic rings. The molecule has 3 heterocycles. The van der Waals surface area contributed by atoms with Gasteiger partial charge in [-0.1, -0.05) is 72.8 Å². The summed E-state index contributed by atoms with van der Waals surface area (Å²) in [7, 11) is -22.7. The Morgan fingerprint density at radius 2 is 0.667 bits per heavy atom. The van der Waals surface area contributed by atoms with Crippen molar-refractivity contribution in [2.75, 3.05) is 0 Å². The van der Waals surface area contributed by atoms with Gasteiger partial charge in [0.1, 0.15) is 33.1 Å². The van der Waals surface area contributed by atoms with E-state index >= 15 is 0 Å². The monoisotopic (exact) mass is 858 g/mol. The highest BCUT2D eigenvalue weighted by Gasteiger charge is 2.36. The molecule has 0 N–H and O–H groups in total. The Kier molecular flexibility index (Phi) is 9.15. The van der Waals surface area contributed by atoms with Crippen LogP contribution in [-0.4, -0.2) is 72.0 Å². The quantitative estimate of drug-likeness (QED) is 0.160. The Morgan fingerprint density at radius 1 is 0.351 bits per heavy atom. The predicted molar refractivity (Wildman–Crippen MR) is 202 cm³/mol. The second-order valence-electron chi connectivity index (χ2n) is 12.0. The molecule has 57 heavy (non-hydrogen) atoms. The number of sulfone groups is 4. The minimum Gasteiger partial charge on any atom is -0.249 e. The van der Waals surface area contributed by atoms with Gasteiger partial charge in [-0.2, -0.15) is 0 Å². The van der Waals surface area contributed by atoms with E-state index in [1.54, 1.807) is 6.07 Å². The molecular formula is C36H22N6O10S5. The minimum absolute atomic E-state index is 0.195. The molecule has 0 saturated carbocycles. The molecule has 0 spiro atoms. The molecule has 16 nitrogen and oxygen atoms in total. The molecular weight excluding hydrogens is 837 g/mol. The van der Waals surface area contributed by atoms with Crippen LogP contribution in [0.25, 0.3) is 33.1 Å². The minimum atomic E-state index is -4.86. The highest BCUT2D eigenvalue weighted by atomic mass is 32.2. The van der Waals surface area contributed by atoms with E-state index in [9.17, 15) is 42.1 Å². The summed E-state index contributed by atoms with van der Waals surface area (Å²) in [5, 5.41) is -4.95. The largest absolute Gasteiger partial charge is 0.249 e. The Bertz CT molecular complexity index is 3460. The standard InChI is InChI=1S/C36H22N6O10S5/c43-53(44)33-34(55(47,48)23-15-7-2-8-16-23)40-31-28-27(37-21-26(38-28)54(45,46)22-13-5-1-6-14-22)29-32(30(31)39-33)42-36(57(51,52)25-19-11-4-12-20-25)35(41-29)56(49,50)24-17-9-3-10-18-24/h1-21,53H. The van der Waals surface area contributed by atoms with Crippen LogP contribution in [0.1, 0.15) is 0 Å². The summed E-state index contributed by atoms with van der Waals surface area (Å²) in [6.07, 6.45) is 0.843. The molecule has 0 aliphatic carbocycles. The van der Waals surface area contributed by atoms with Crippen molar-refractivity contribution in [1.29, 1.82) is 0 Å². The van der Waals surface area contributed by atoms with Gasteiger partial charge in [0.15, 0.2) is 35.8 Å². The molecule has 0 fully saturated rings. The van der Waals surface area contributed by atoms with E-state index in [1.807, 2.05) is 0 Å². The zero-order valence-electron chi connectivity index (χ0n) is 28.5. The van der Waals surface area contributed by atoms with Gasteiger partial charge in [-0.05, 0) is 48.5 Å². The lowest BCUT2D eigenvalue weighted by molar-refractivity contribution is 0.573. The van der Waals surface area contributed by atoms with Crippen molar-refractivity contribution in [2.24, 2.45) is 0 Å². The average molecular weight is 859 g/mol. The van der Waals surface area contributed by atoms with Gasteiger partial charge in [-0.3, -0.25) is 0 Å². The fourth-order valence-electron chi connectivity index (χ4n) is 5.82. The van der Waals surface area contributed by atoms with E-state index in [0.29, 0.717) is 0 Å². The Morgan fingerprint density at radius 3 is 1.07 bits per heavy atom. The number of rotatable bonds is 9. The lowest BCUT2D eigenvalue weighted by Gasteiger charge is -2.15. The summed E-state index contributed by atoms with van der Waals surface area (Å²) >= 11 is 0. The van der Waals surface area contributed by atoms with Crippen molar-refractivity contribution in [3.63, 3.8) is 0 Å². The van der Waals surface area contributed by atoms with Crippen molar-refractivity contribution in [2.45, 2.75) is 44.7 Å². The number of thiol groups is 1. The topological polar surface area (TPSA) is 248 Å². The maximum atomic E-state index is 14.3.